The minimum Gasteiger partial charge on any atom is -0.256 e. The Hall–Kier alpha value is -2.55. The summed E-state index contributed by atoms with van der Waals surface area (Å²) in [6.45, 7) is 1.98. The molecule has 0 radical (unpaired) electrons. The molecule has 0 atom stereocenters. The van der Waals surface area contributed by atoms with Crippen molar-refractivity contribution in [3.05, 3.63) is 78.0 Å². The third-order valence-corrected chi connectivity index (χ3v) is 3.40. The summed E-state index contributed by atoms with van der Waals surface area (Å²) in [7, 11) is 0. The van der Waals surface area contributed by atoms with Crippen LogP contribution in [0.2, 0.25) is 0 Å². The molecular weight excluding hydrogens is 268 g/mol. The van der Waals surface area contributed by atoms with Crippen LogP contribution < -0.4 is 0 Å². The van der Waals surface area contributed by atoms with E-state index in [-0.39, 0.29) is 0 Å². The first-order valence-corrected chi connectivity index (χ1v) is 6.62. The zero-order valence-electron chi connectivity index (χ0n) is 11.5. The topological polar surface area (TPSA) is 12.9 Å². The Morgan fingerprint density at radius 1 is 0.810 bits per heavy atom. The highest BCUT2D eigenvalue weighted by atomic mass is 19.2. The van der Waals surface area contributed by atoms with E-state index in [1.54, 1.807) is 6.20 Å². The SMILES string of the molecule is Cc1cnc(-c2ccc(F)c(F)c2)cc1-c1ccccc1. The monoisotopic (exact) mass is 281 g/mol. The lowest BCUT2D eigenvalue weighted by Crippen LogP contribution is -1.91. The Morgan fingerprint density at radius 3 is 2.29 bits per heavy atom. The molecular formula is C18H13F2N. The van der Waals surface area contributed by atoms with Crippen LogP contribution in [0.3, 0.4) is 0 Å². The lowest BCUT2D eigenvalue weighted by atomic mass is 9.99. The number of benzene rings is 2. The Bertz CT molecular complexity index is 782. The van der Waals surface area contributed by atoms with E-state index in [0.717, 1.165) is 22.8 Å². The van der Waals surface area contributed by atoms with Crippen LogP contribution in [-0.2, 0) is 0 Å². The first-order chi connectivity index (χ1) is 10.1. The first-order valence-electron chi connectivity index (χ1n) is 6.62. The molecule has 3 aromatic rings. The summed E-state index contributed by atoms with van der Waals surface area (Å²) in [5.74, 6) is -1.72. The van der Waals surface area contributed by atoms with Gasteiger partial charge in [0.2, 0.25) is 0 Å². The number of pyridine rings is 1. The molecule has 0 spiro atoms. The molecule has 0 fully saturated rings. The van der Waals surface area contributed by atoms with Crippen molar-refractivity contribution < 1.29 is 8.78 Å². The predicted molar refractivity (Wildman–Crippen MR) is 79.8 cm³/mol. The third kappa shape index (κ3) is 2.68. The summed E-state index contributed by atoms with van der Waals surface area (Å²) in [6.07, 6.45) is 1.75. The Morgan fingerprint density at radius 2 is 1.57 bits per heavy atom. The standard InChI is InChI=1S/C18H13F2N/c1-12-11-21-18(14-7-8-16(19)17(20)9-14)10-15(12)13-5-3-2-4-6-13/h2-11H,1H3. The molecule has 0 aliphatic heterocycles. The van der Waals surface area contributed by atoms with Gasteiger partial charge in [0.1, 0.15) is 0 Å². The van der Waals surface area contributed by atoms with Gasteiger partial charge < -0.3 is 0 Å². The van der Waals surface area contributed by atoms with E-state index in [2.05, 4.69) is 4.98 Å². The van der Waals surface area contributed by atoms with E-state index in [1.165, 1.54) is 12.1 Å². The second-order valence-electron chi connectivity index (χ2n) is 4.88. The number of nitrogens with zero attached hydrogens (tertiary/aromatic N) is 1. The Labute approximate surface area is 121 Å². The number of halogens is 2. The van der Waals surface area contributed by atoms with Crippen LogP contribution in [0.15, 0.2) is 60.8 Å². The van der Waals surface area contributed by atoms with Gasteiger partial charge in [-0.05, 0) is 47.9 Å². The first kappa shape index (κ1) is 13.4. The minimum absolute atomic E-state index is 0.561. The van der Waals surface area contributed by atoms with Crippen molar-refractivity contribution in [2.75, 3.05) is 0 Å². The van der Waals surface area contributed by atoms with Gasteiger partial charge >= 0.3 is 0 Å². The summed E-state index contributed by atoms with van der Waals surface area (Å²) in [5.41, 5.74) is 4.32. The minimum atomic E-state index is -0.865. The van der Waals surface area contributed by atoms with E-state index in [9.17, 15) is 8.78 Å². The number of hydrogen-bond acceptors (Lipinski definition) is 1. The van der Waals surface area contributed by atoms with Crippen LogP contribution in [0, 0.1) is 18.6 Å². The fourth-order valence-corrected chi connectivity index (χ4v) is 2.27. The fourth-order valence-electron chi connectivity index (χ4n) is 2.27. The van der Waals surface area contributed by atoms with Crippen molar-refractivity contribution in [3.8, 4) is 22.4 Å². The molecule has 2 aromatic carbocycles. The number of aromatic nitrogens is 1. The molecule has 0 aliphatic carbocycles. The largest absolute Gasteiger partial charge is 0.256 e. The molecule has 21 heavy (non-hydrogen) atoms. The van der Waals surface area contributed by atoms with Gasteiger partial charge in [-0.3, -0.25) is 4.98 Å². The highest BCUT2D eigenvalue weighted by molar-refractivity contribution is 5.72. The molecule has 0 saturated carbocycles. The van der Waals surface area contributed by atoms with Crippen LogP contribution in [0.1, 0.15) is 5.56 Å². The molecule has 104 valence electrons. The number of aryl methyl sites for hydroxylation is 1. The number of rotatable bonds is 2. The summed E-state index contributed by atoms with van der Waals surface area (Å²) in [4.78, 5) is 4.32. The molecule has 0 unspecified atom stereocenters. The summed E-state index contributed by atoms with van der Waals surface area (Å²) in [6, 6.07) is 15.6. The van der Waals surface area contributed by atoms with Crippen molar-refractivity contribution in [1.82, 2.24) is 4.98 Å². The van der Waals surface area contributed by atoms with Crippen molar-refractivity contribution in [1.29, 1.82) is 0 Å². The van der Waals surface area contributed by atoms with Gasteiger partial charge in [0.25, 0.3) is 0 Å². The van der Waals surface area contributed by atoms with Crippen LogP contribution in [0.4, 0.5) is 8.78 Å². The summed E-state index contributed by atoms with van der Waals surface area (Å²) >= 11 is 0. The van der Waals surface area contributed by atoms with Crippen molar-refractivity contribution in [2.45, 2.75) is 6.92 Å². The van der Waals surface area contributed by atoms with E-state index < -0.39 is 11.6 Å². The second kappa shape index (κ2) is 5.44. The zero-order valence-corrected chi connectivity index (χ0v) is 11.5. The second-order valence-corrected chi connectivity index (χ2v) is 4.88. The van der Waals surface area contributed by atoms with E-state index in [0.29, 0.717) is 11.3 Å². The van der Waals surface area contributed by atoms with Crippen LogP contribution >= 0.6 is 0 Å². The van der Waals surface area contributed by atoms with Crippen molar-refractivity contribution >= 4 is 0 Å². The van der Waals surface area contributed by atoms with Gasteiger partial charge in [0.05, 0.1) is 5.69 Å². The molecule has 0 N–H and O–H groups in total. The van der Waals surface area contributed by atoms with E-state index >= 15 is 0 Å². The smallest absolute Gasteiger partial charge is 0.159 e. The highest BCUT2D eigenvalue weighted by Gasteiger charge is 2.08. The maximum atomic E-state index is 13.4. The number of hydrogen-bond donors (Lipinski definition) is 0. The molecule has 0 aliphatic rings. The van der Waals surface area contributed by atoms with Gasteiger partial charge in [0, 0.05) is 11.8 Å². The zero-order chi connectivity index (χ0) is 14.8. The lowest BCUT2D eigenvalue weighted by Gasteiger charge is -2.09. The quantitative estimate of drug-likeness (QED) is 0.644. The summed E-state index contributed by atoms with van der Waals surface area (Å²) < 4.78 is 26.4. The third-order valence-electron chi connectivity index (χ3n) is 3.40. The van der Waals surface area contributed by atoms with Crippen LogP contribution in [0.25, 0.3) is 22.4 Å². The molecule has 3 rings (SSSR count). The van der Waals surface area contributed by atoms with Crippen LogP contribution in [-0.4, -0.2) is 4.98 Å². The molecule has 0 bridgehead atoms. The fraction of sp³-hybridized carbons (Fsp3) is 0.0556. The Kier molecular flexibility index (Phi) is 3.48. The Balaban J connectivity index is 2.11. The van der Waals surface area contributed by atoms with E-state index in [1.807, 2.05) is 43.3 Å². The van der Waals surface area contributed by atoms with Gasteiger partial charge in [-0.1, -0.05) is 30.3 Å². The summed E-state index contributed by atoms with van der Waals surface area (Å²) in [5, 5.41) is 0. The molecule has 0 amide bonds. The van der Waals surface area contributed by atoms with Gasteiger partial charge in [-0.15, -0.1) is 0 Å². The average molecular weight is 281 g/mol. The van der Waals surface area contributed by atoms with Gasteiger partial charge in [0.15, 0.2) is 11.6 Å². The molecule has 3 heteroatoms. The maximum absolute atomic E-state index is 13.4. The van der Waals surface area contributed by atoms with E-state index in [4.69, 9.17) is 0 Å². The van der Waals surface area contributed by atoms with Gasteiger partial charge in [-0.25, -0.2) is 8.78 Å². The van der Waals surface area contributed by atoms with Crippen molar-refractivity contribution in [3.63, 3.8) is 0 Å². The van der Waals surface area contributed by atoms with Crippen molar-refractivity contribution in [2.24, 2.45) is 0 Å². The molecule has 1 aromatic heterocycles. The molecule has 1 heterocycles. The normalized spacial score (nSPS) is 10.6. The van der Waals surface area contributed by atoms with Gasteiger partial charge in [-0.2, -0.15) is 0 Å². The molecule has 1 nitrogen and oxygen atoms in total. The average Bonchev–Trinajstić information content (AvgIpc) is 2.51. The maximum Gasteiger partial charge on any atom is 0.159 e. The van der Waals surface area contributed by atoms with Crippen LogP contribution in [0.5, 0.6) is 0 Å². The highest BCUT2D eigenvalue weighted by Crippen LogP contribution is 2.28. The lowest BCUT2D eigenvalue weighted by molar-refractivity contribution is 0.509. The predicted octanol–water partition coefficient (Wildman–Crippen LogP) is 5.00. The molecule has 0 saturated heterocycles.